The first-order valence-electron chi connectivity index (χ1n) is 22.2. The number of hydrogen-bond acceptors (Lipinski definition) is 6. The Morgan fingerprint density at radius 2 is 0.594 bits per heavy atom. The Balaban J connectivity index is 1.38. The van der Waals surface area contributed by atoms with Gasteiger partial charge in [-0.2, -0.15) is 21.0 Å². The summed E-state index contributed by atoms with van der Waals surface area (Å²) in [4.78, 5) is 0. The first-order valence-corrected chi connectivity index (χ1v) is 22.2. The molecule has 0 saturated carbocycles. The van der Waals surface area contributed by atoms with Gasteiger partial charge in [0.2, 0.25) is 0 Å². The molecule has 10 nitrogen and oxygen atoms in total. The van der Waals surface area contributed by atoms with Crippen molar-refractivity contribution in [2.75, 3.05) is 7.11 Å². The summed E-state index contributed by atoms with van der Waals surface area (Å²) in [5.41, 5.74) is 10.3. The van der Waals surface area contributed by atoms with Crippen molar-refractivity contribution >= 4 is 87.2 Å². The molecule has 0 amide bonds. The molecule has 0 aliphatic heterocycles. The zero-order valence-electron chi connectivity index (χ0n) is 36.6. The second kappa shape index (κ2) is 14.6. The summed E-state index contributed by atoms with van der Waals surface area (Å²) in [6, 6.07) is 64.1. The Hall–Kier alpha value is -10.3. The van der Waals surface area contributed by atoms with E-state index in [4.69, 9.17) is 4.74 Å². The van der Waals surface area contributed by atoms with Gasteiger partial charge in [-0.25, -0.2) is 0 Å². The van der Waals surface area contributed by atoms with E-state index in [2.05, 4.69) is 60.7 Å². The highest BCUT2D eigenvalue weighted by Crippen LogP contribution is 2.54. The second-order valence-corrected chi connectivity index (χ2v) is 17.1. The van der Waals surface area contributed by atoms with Crippen molar-refractivity contribution in [2.24, 2.45) is 0 Å². The van der Waals surface area contributed by atoms with Gasteiger partial charge in [-0.1, -0.05) is 72.8 Å². The maximum Gasteiger partial charge on any atom is 0.189 e. The van der Waals surface area contributed by atoms with E-state index in [-0.39, 0.29) is 11.5 Å². The van der Waals surface area contributed by atoms with Crippen molar-refractivity contribution in [1.29, 1.82) is 21.0 Å². The van der Waals surface area contributed by atoms with E-state index >= 15 is 0 Å². The van der Waals surface area contributed by atoms with Crippen molar-refractivity contribution in [3.63, 3.8) is 0 Å². The van der Waals surface area contributed by atoms with Crippen LogP contribution in [0, 0.1) is 45.3 Å². The molecule has 13 rings (SSSR count). The number of nitriles is 4. The predicted octanol–water partition coefficient (Wildman–Crippen LogP) is 13.3. The summed E-state index contributed by atoms with van der Waals surface area (Å²) in [7, 11) is 1.56. The van der Waals surface area contributed by atoms with Gasteiger partial charge in [0.05, 0.1) is 97.8 Å². The third-order valence-electron chi connectivity index (χ3n) is 13.6. The third-order valence-corrected chi connectivity index (χ3v) is 13.6. The normalized spacial score (nSPS) is 11.6. The first kappa shape index (κ1) is 39.1. The fourth-order valence-electron chi connectivity index (χ4n) is 10.8. The molecular formula is C59H32N8O2. The van der Waals surface area contributed by atoms with Gasteiger partial charge in [0.1, 0.15) is 22.7 Å². The van der Waals surface area contributed by atoms with Crippen LogP contribution in [0.2, 0.25) is 0 Å². The minimum atomic E-state index is -0.162. The summed E-state index contributed by atoms with van der Waals surface area (Å²) < 4.78 is 15.2. The lowest BCUT2D eigenvalue weighted by Gasteiger charge is -2.28. The van der Waals surface area contributed by atoms with Gasteiger partial charge in [0, 0.05) is 43.1 Å². The van der Waals surface area contributed by atoms with Crippen molar-refractivity contribution in [1.82, 2.24) is 18.3 Å². The monoisotopic (exact) mass is 884 g/mol. The molecule has 0 fully saturated rings. The summed E-state index contributed by atoms with van der Waals surface area (Å²) in [5.74, 6) is 0.00685. The number of nitrogens with zero attached hydrogens (tertiary/aromatic N) is 8. The van der Waals surface area contributed by atoms with Crippen molar-refractivity contribution < 1.29 is 9.84 Å². The van der Waals surface area contributed by atoms with Crippen LogP contribution in [0.1, 0.15) is 22.3 Å². The molecule has 0 saturated heterocycles. The van der Waals surface area contributed by atoms with Crippen LogP contribution in [0.5, 0.6) is 11.5 Å². The number of rotatable bonds is 5. The topological polar surface area (TPSA) is 144 Å². The molecule has 9 aromatic carbocycles. The van der Waals surface area contributed by atoms with Gasteiger partial charge in [0.15, 0.2) is 11.5 Å². The Morgan fingerprint density at radius 3 is 0.899 bits per heavy atom. The molecule has 13 aromatic rings. The Morgan fingerprint density at radius 1 is 0.333 bits per heavy atom. The lowest BCUT2D eigenvalue weighted by atomic mass is 10.1. The van der Waals surface area contributed by atoms with Gasteiger partial charge in [-0.15, -0.1) is 0 Å². The lowest BCUT2D eigenvalue weighted by molar-refractivity contribution is 0.371. The average molecular weight is 885 g/mol. The predicted molar refractivity (Wildman–Crippen MR) is 271 cm³/mol. The Bertz CT molecular complexity index is 4610. The molecule has 0 aliphatic carbocycles. The minimum Gasteiger partial charge on any atom is -0.503 e. The van der Waals surface area contributed by atoms with E-state index in [9.17, 15) is 26.2 Å². The van der Waals surface area contributed by atoms with E-state index in [0.29, 0.717) is 45.0 Å². The van der Waals surface area contributed by atoms with Crippen LogP contribution < -0.4 is 4.74 Å². The Kier molecular flexibility index (Phi) is 8.29. The molecule has 10 heteroatoms. The standard InChI is InChI=1S/C59H32N8O2/c1-69-59-57(67-49-17-9-5-13-41(49)45-29-37(33-63)21-25-53(45)67)55(65-47-15-7-3-11-39(47)43-27-35(31-61)19-23-51(43)65)54(64-46-14-6-2-10-38(46)42-26-34(30-60)18-22-50(42)64)56(58(59)68)66-48-16-8-4-12-40(48)44-28-36(32-62)20-24-52(44)66/h2-29,68H,1H3. The van der Waals surface area contributed by atoms with E-state index in [1.165, 1.54) is 0 Å². The van der Waals surface area contributed by atoms with Crippen LogP contribution in [0.25, 0.3) is 110 Å². The molecule has 0 atom stereocenters. The maximum absolute atomic E-state index is 13.8. The minimum absolute atomic E-state index is 0.162. The van der Waals surface area contributed by atoms with Crippen molar-refractivity contribution in [3.8, 4) is 58.5 Å². The smallest absolute Gasteiger partial charge is 0.189 e. The molecule has 0 spiro atoms. The number of aromatic nitrogens is 4. The number of phenolic OH excluding ortho intramolecular Hbond substituents is 1. The molecule has 320 valence electrons. The summed E-state index contributed by atoms with van der Waals surface area (Å²) in [6.07, 6.45) is 0. The van der Waals surface area contributed by atoms with E-state index in [1.807, 2.05) is 140 Å². The number of benzene rings is 9. The number of aromatic hydroxyl groups is 1. The van der Waals surface area contributed by atoms with Crippen LogP contribution in [-0.4, -0.2) is 30.5 Å². The van der Waals surface area contributed by atoms with Crippen LogP contribution in [0.3, 0.4) is 0 Å². The quantitative estimate of drug-likeness (QED) is 0.182. The van der Waals surface area contributed by atoms with Gasteiger partial charge in [0.25, 0.3) is 0 Å². The number of fused-ring (bicyclic) bond motifs is 12. The van der Waals surface area contributed by atoms with Gasteiger partial charge < -0.3 is 28.1 Å². The van der Waals surface area contributed by atoms with Gasteiger partial charge in [-0.05, 0) is 97.1 Å². The lowest BCUT2D eigenvalue weighted by Crippen LogP contribution is -2.15. The molecule has 4 heterocycles. The van der Waals surface area contributed by atoms with E-state index in [1.54, 1.807) is 19.2 Å². The number of para-hydroxylation sites is 4. The third kappa shape index (κ3) is 5.31. The number of phenols is 1. The highest BCUT2D eigenvalue weighted by molar-refractivity contribution is 6.16. The number of methoxy groups -OCH3 is 1. The van der Waals surface area contributed by atoms with Gasteiger partial charge >= 0.3 is 0 Å². The molecule has 0 aliphatic rings. The van der Waals surface area contributed by atoms with Crippen LogP contribution in [-0.2, 0) is 0 Å². The number of ether oxygens (including phenoxy) is 1. The first-order chi connectivity index (χ1) is 34.0. The average Bonchev–Trinajstić information content (AvgIpc) is 4.12. The zero-order chi connectivity index (χ0) is 46.7. The summed E-state index contributed by atoms with van der Waals surface area (Å²) in [6.45, 7) is 0. The molecule has 0 radical (unpaired) electrons. The molecule has 4 aromatic heterocycles. The SMILES string of the molecule is COc1c(O)c(-n2c3ccccc3c3cc(C#N)ccc32)c(-n2c3ccccc3c3cc(C#N)ccc32)c(-n2c3ccccc3c3cc(C#N)ccc32)c1-n1c2ccccc2c2cc(C#N)ccc21. The summed E-state index contributed by atoms with van der Waals surface area (Å²) >= 11 is 0. The molecular weight excluding hydrogens is 853 g/mol. The molecule has 1 N–H and O–H groups in total. The molecule has 69 heavy (non-hydrogen) atoms. The van der Waals surface area contributed by atoms with Crippen LogP contribution >= 0.6 is 0 Å². The molecule has 0 unspecified atom stereocenters. The van der Waals surface area contributed by atoms with Crippen molar-refractivity contribution in [2.45, 2.75) is 0 Å². The highest BCUT2D eigenvalue weighted by atomic mass is 16.5. The second-order valence-electron chi connectivity index (χ2n) is 17.1. The van der Waals surface area contributed by atoms with Crippen molar-refractivity contribution in [3.05, 3.63) is 192 Å². The summed E-state index contributed by atoms with van der Waals surface area (Å²) in [5, 5.41) is 61.6. The zero-order valence-corrected chi connectivity index (χ0v) is 36.6. The Labute approximate surface area is 392 Å². The number of hydrogen-bond donors (Lipinski definition) is 1. The van der Waals surface area contributed by atoms with Gasteiger partial charge in [-0.3, -0.25) is 0 Å². The largest absolute Gasteiger partial charge is 0.503 e. The van der Waals surface area contributed by atoms with Crippen LogP contribution in [0.4, 0.5) is 0 Å². The maximum atomic E-state index is 13.8. The highest BCUT2D eigenvalue weighted by Gasteiger charge is 2.35. The fourth-order valence-corrected chi connectivity index (χ4v) is 10.8. The fraction of sp³-hybridized carbons (Fsp3) is 0.0169. The van der Waals surface area contributed by atoms with Crippen LogP contribution in [0.15, 0.2) is 170 Å². The van der Waals surface area contributed by atoms with E-state index in [0.717, 1.165) is 87.2 Å². The molecule has 0 bridgehead atoms. The van der Waals surface area contributed by atoms with E-state index < -0.39 is 0 Å².